The standard InChI is InChI=1S/C68H120N8O15/c1-26-29-30-43(14)60(91-47(18)77)59(62(82)70-50(28-3)68(88)89)76(24)67(87)58(42(12)13)75(23)65(85)53(33-40(8)9)74(22)64(84)52(32-39(6)7)73(21)63(83)45(16)35-54(78)44(15)34-56(80)51(31-38(4)5)72(20)66(86)57(41(10)11)71-61(81)48(46(17)37-90-25)36-55(79)49(27-2)69-19/h26,29,38-46,48-53,57-60,69H,27-28,30-37H2,1-25H3,(H,70,82)(H,71,81)(H,88,89)/b29-26+/t43-,44-,45+,46-,48+,49-,50+,51+,52+,53+,57+,58+,59+,60-/m1/s1. The number of likely N-dealkylation sites (N-methyl/N-ethyl adjacent to an activating group) is 6. The molecule has 0 radical (unpaired) electrons. The first-order chi connectivity index (χ1) is 42.1. The highest BCUT2D eigenvalue weighted by atomic mass is 16.5. The topological polar surface area (TPSA) is 296 Å². The lowest BCUT2D eigenvalue weighted by atomic mass is 9.86. The molecule has 0 aliphatic carbocycles. The number of nitrogens with zero attached hydrogens (tertiary/aromatic N) is 5. The van der Waals surface area contributed by atoms with Crippen LogP contribution in [0.3, 0.4) is 0 Å². The summed E-state index contributed by atoms with van der Waals surface area (Å²) in [6.07, 6.45) is 3.15. The Hall–Kier alpha value is -6.10. The number of carbonyl (C=O) groups excluding carboxylic acids is 11. The maximum atomic E-state index is 15.1. The second-order valence-corrected chi connectivity index (χ2v) is 27.3. The average molecular weight is 1290 g/mol. The Morgan fingerprint density at radius 2 is 0.967 bits per heavy atom. The van der Waals surface area contributed by atoms with Gasteiger partial charge in [-0.1, -0.05) is 123 Å². The van der Waals surface area contributed by atoms with E-state index < -0.39 is 149 Å². The van der Waals surface area contributed by atoms with E-state index in [1.165, 1.54) is 61.9 Å². The third-order valence-electron chi connectivity index (χ3n) is 17.3. The monoisotopic (exact) mass is 1290 g/mol. The van der Waals surface area contributed by atoms with Crippen LogP contribution in [-0.4, -0.2) is 211 Å². The van der Waals surface area contributed by atoms with Gasteiger partial charge in [0, 0.05) is 92.9 Å². The van der Waals surface area contributed by atoms with Crippen molar-refractivity contribution in [2.45, 2.75) is 237 Å². The molecule has 0 aliphatic rings. The number of esters is 1. The van der Waals surface area contributed by atoms with Crippen LogP contribution in [0.4, 0.5) is 0 Å². The third kappa shape index (κ3) is 26.1. The normalized spacial score (nSPS) is 16.5. The number of carbonyl (C=O) groups is 12. The van der Waals surface area contributed by atoms with Gasteiger partial charge in [-0.05, 0) is 93.9 Å². The number of carboxylic acids is 1. The first-order valence-electron chi connectivity index (χ1n) is 32.8. The first-order valence-corrected chi connectivity index (χ1v) is 32.8. The lowest BCUT2D eigenvalue weighted by Crippen LogP contribution is -2.63. The molecular formula is C68H120N8O15. The summed E-state index contributed by atoms with van der Waals surface area (Å²) in [5.41, 5.74) is 0. The minimum absolute atomic E-state index is 0.00836. The molecule has 0 saturated carbocycles. The molecule has 0 heterocycles. The molecule has 0 saturated heterocycles. The van der Waals surface area contributed by atoms with Crippen LogP contribution in [0.5, 0.6) is 0 Å². The largest absolute Gasteiger partial charge is 0.480 e. The molecule has 4 N–H and O–H groups in total. The van der Waals surface area contributed by atoms with E-state index in [2.05, 4.69) is 16.0 Å². The molecule has 0 aromatic heterocycles. The molecule has 7 amide bonds. The summed E-state index contributed by atoms with van der Waals surface area (Å²) < 4.78 is 11.1. The third-order valence-corrected chi connectivity index (χ3v) is 17.3. The Balaban J connectivity index is 7.05. The van der Waals surface area contributed by atoms with Crippen molar-refractivity contribution in [3.63, 3.8) is 0 Å². The van der Waals surface area contributed by atoms with Crippen LogP contribution in [-0.2, 0) is 67.0 Å². The number of hydrogen-bond acceptors (Lipinski definition) is 15. The number of methoxy groups -OCH3 is 1. The number of hydrogen-bond donors (Lipinski definition) is 4. The summed E-state index contributed by atoms with van der Waals surface area (Å²) in [4.78, 5) is 175. The number of ether oxygens (including phenoxy) is 2. The fraction of sp³-hybridized carbons (Fsp3) is 0.794. The van der Waals surface area contributed by atoms with Crippen LogP contribution >= 0.6 is 0 Å². The summed E-state index contributed by atoms with van der Waals surface area (Å²) in [6.45, 7) is 31.6. The fourth-order valence-corrected chi connectivity index (χ4v) is 11.7. The second kappa shape index (κ2) is 40.8. The molecule has 0 fully saturated rings. The number of rotatable bonds is 43. The van der Waals surface area contributed by atoms with E-state index in [4.69, 9.17) is 9.47 Å². The maximum Gasteiger partial charge on any atom is 0.326 e. The molecule has 0 unspecified atom stereocenters. The number of nitrogens with one attached hydrogen (secondary N) is 3. The van der Waals surface area contributed by atoms with Crippen molar-refractivity contribution in [1.82, 2.24) is 40.4 Å². The molecule has 0 aromatic carbocycles. The van der Waals surface area contributed by atoms with E-state index in [9.17, 15) is 48.3 Å². The Morgan fingerprint density at radius 3 is 1.40 bits per heavy atom. The zero-order chi connectivity index (χ0) is 70.8. The highest BCUT2D eigenvalue weighted by Gasteiger charge is 2.46. The van der Waals surface area contributed by atoms with Crippen molar-refractivity contribution < 1.29 is 72.1 Å². The molecule has 0 rings (SSSR count). The van der Waals surface area contributed by atoms with Crippen LogP contribution in [0.25, 0.3) is 0 Å². The quantitative estimate of drug-likeness (QED) is 0.0369. The summed E-state index contributed by atoms with van der Waals surface area (Å²) in [6, 6.07) is -8.92. The van der Waals surface area contributed by atoms with E-state index in [0.717, 1.165) is 11.8 Å². The zero-order valence-corrected chi connectivity index (χ0v) is 60.1. The van der Waals surface area contributed by atoms with Gasteiger partial charge in [0.05, 0.1) is 12.1 Å². The molecule has 23 nitrogen and oxygen atoms in total. The maximum absolute atomic E-state index is 15.1. The fourth-order valence-electron chi connectivity index (χ4n) is 11.7. The van der Waals surface area contributed by atoms with Crippen molar-refractivity contribution in [3.8, 4) is 0 Å². The van der Waals surface area contributed by atoms with Crippen LogP contribution in [0.1, 0.15) is 182 Å². The Kier molecular flexibility index (Phi) is 38.1. The van der Waals surface area contributed by atoms with Gasteiger partial charge in [0.2, 0.25) is 41.4 Å². The van der Waals surface area contributed by atoms with Crippen molar-refractivity contribution in [2.24, 2.45) is 59.2 Å². The van der Waals surface area contributed by atoms with E-state index in [0.29, 0.717) is 12.8 Å². The number of Topliss-reactive ketones (excluding diaryl/α,β-unsaturated/α-hetero) is 3. The van der Waals surface area contributed by atoms with Crippen LogP contribution in [0.15, 0.2) is 12.2 Å². The predicted molar refractivity (Wildman–Crippen MR) is 352 cm³/mol. The van der Waals surface area contributed by atoms with Gasteiger partial charge >= 0.3 is 11.9 Å². The van der Waals surface area contributed by atoms with Crippen molar-refractivity contribution in [2.75, 3.05) is 56.0 Å². The SMILES string of the molecule is C/C=C/C[C@@H](C)[C@@H](OC(C)=O)[C@@H](C(=O)N[C@@H](CC)C(=O)O)N(C)C(=O)[C@H](C(C)C)N(C)C(=O)[C@H](CC(C)C)N(C)C(=O)[C@H](CC(C)C)N(C)C(=O)[C@@H](C)CC(=O)[C@H](C)CC(=O)[C@H](CC(C)C)N(C)C(=O)[C@@H](NC(=O)[C@@H](CC(=O)[C@@H](CC)NC)[C@H](C)COC)C(C)C. The number of allylic oxidation sites excluding steroid dienone is 2. The number of amides is 7. The van der Waals surface area contributed by atoms with E-state index >= 15 is 14.4 Å². The van der Waals surface area contributed by atoms with Gasteiger partial charge in [-0.15, -0.1) is 0 Å². The molecular weight excluding hydrogens is 1170 g/mol. The van der Waals surface area contributed by atoms with Crippen molar-refractivity contribution in [1.29, 1.82) is 0 Å². The van der Waals surface area contributed by atoms with E-state index in [1.807, 2.05) is 61.5 Å². The predicted octanol–water partition coefficient (Wildman–Crippen LogP) is 6.62. The Bertz CT molecular complexity index is 2440. The lowest BCUT2D eigenvalue weighted by Gasteiger charge is -2.42. The van der Waals surface area contributed by atoms with Crippen molar-refractivity contribution in [3.05, 3.63) is 12.2 Å². The summed E-state index contributed by atoms with van der Waals surface area (Å²) >= 11 is 0. The van der Waals surface area contributed by atoms with Gasteiger partial charge in [0.15, 0.2) is 11.6 Å². The minimum atomic E-state index is -1.55. The van der Waals surface area contributed by atoms with Gasteiger partial charge in [0.25, 0.3) is 0 Å². The van der Waals surface area contributed by atoms with Crippen LogP contribution in [0.2, 0.25) is 0 Å². The number of ketones is 3. The molecule has 0 aromatic rings. The van der Waals surface area contributed by atoms with Crippen LogP contribution < -0.4 is 16.0 Å². The number of carboxylic acid groups (broad SMARTS) is 1. The summed E-state index contributed by atoms with van der Waals surface area (Å²) in [7, 11) is 10.4. The smallest absolute Gasteiger partial charge is 0.326 e. The average Bonchev–Trinajstić information content (AvgIpc) is 1.43. The molecule has 0 spiro atoms. The van der Waals surface area contributed by atoms with Gasteiger partial charge in [-0.2, -0.15) is 0 Å². The molecule has 91 heavy (non-hydrogen) atoms. The Labute approximate surface area is 545 Å². The van der Waals surface area contributed by atoms with Gasteiger partial charge in [-0.25, -0.2) is 4.79 Å². The summed E-state index contributed by atoms with van der Waals surface area (Å²) in [5.74, 6) is -12.2. The van der Waals surface area contributed by atoms with Crippen molar-refractivity contribution >= 4 is 70.6 Å². The van der Waals surface area contributed by atoms with E-state index in [-0.39, 0.29) is 86.8 Å². The molecule has 522 valence electrons. The van der Waals surface area contributed by atoms with E-state index in [1.54, 1.807) is 75.4 Å². The molecule has 0 aliphatic heterocycles. The lowest BCUT2D eigenvalue weighted by molar-refractivity contribution is -0.164. The first kappa shape index (κ1) is 84.9. The molecule has 23 heteroatoms. The summed E-state index contributed by atoms with van der Waals surface area (Å²) in [5, 5.41) is 18.3. The molecule has 0 bridgehead atoms. The van der Waals surface area contributed by atoms with Crippen LogP contribution in [0, 0.1) is 59.2 Å². The molecule has 14 atom stereocenters. The minimum Gasteiger partial charge on any atom is -0.480 e. The number of aliphatic carboxylic acids is 1. The van der Waals surface area contributed by atoms with Gasteiger partial charge < -0.3 is 55.0 Å². The van der Waals surface area contributed by atoms with Gasteiger partial charge in [-0.3, -0.25) is 52.7 Å². The second-order valence-electron chi connectivity index (χ2n) is 27.3. The highest BCUT2D eigenvalue weighted by molar-refractivity contribution is 5.99. The highest BCUT2D eigenvalue weighted by Crippen LogP contribution is 2.28. The van der Waals surface area contributed by atoms with Gasteiger partial charge in [0.1, 0.15) is 48.1 Å². The zero-order valence-electron chi connectivity index (χ0n) is 60.1. The Morgan fingerprint density at radius 1 is 0.505 bits per heavy atom.